The van der Waals surface area contributed by atoms with Crippen molar-refractivity contribution in [3.63, 3.8) is 0 Å². The lowest BCUT2D eigenvalue weighted by atomic mass is 10.1. The molecule has 0 spiro atoms. The number of anilines is 1. The second kappa shape index (κ2) is 3.68. The van der Waals surface area contributed by atoms with E-state index in [1.165, 1.54) is 0 Å². The molecule has 0 saturated carbocycles. The highest BCUT2D eigenvalue weighted by Gasteiger charge is 2.06. The third-order valence-corrected chi connectivity index (χ3v) is 2.17. The molecule has 0 heterocycles. The number of rotatable bonds is 2. The van der Waals surface area contributed by atoms with E-state index in [2.05, 4.69) is 0 Å². The van der Waals surface area contributed by atoms with Crippen molar-refractivity contribution in [1.82, 2.24) is 0 Å². The molecule has 66 valence electrons. The number of hydrogen-bond donors (Lipinski definition) is 1. The van der Waals surface area contributed by atoms with Crippen LogP contribution >= 0.6 is 11.6 Å². The second-order valence-corrected chi connectivity index (χ2v) is 2.93. The SMILES string of the molecule is CCc1cc(N)cc(OC)c1Cl. The average molecular weight is 186 g/mol. The Morgan fingerprint density at radius 2 is 2.17 bits per heavy atom. The highest BCUT2D eigenvalue weighted by atomic mass is 35.5. The summed E-state index contributed by atoms with van der Waals surface area (Å²) < 4.78 is 5.06. The van der Waals surface area contributed by atoms with Crippen LogP contribution in [0.25, 0.3) is 0 Å². The number of benzene rings is 1. The van der Waals surface area contributed by atoms with E-state index in [4.69, 9.17) is 22.1 Å². The molecule has 3 heteroatoms. The van der Waals surface area contributed by atoms with Gasteiger partial charge in [0.15, 0.2) is 0 Å². The number of nitrogen functional groups attached to an aromatic ring is 1. The summed E-state index contributed by atoms with van der Waals surface area (Å²) in [5.41, 5.74) is 7.35. The minimum Gasteiger partial charge on any atom is -0.495 e. The summed E-state index contributed by atoms with van der Waals surface area (Å²) in [7, 11) is 1.58. The lowest BCUT2D eigenvalue weighted by Gasteiger charge is -2.08. The Morgan fingerprint density at radius 1 is 1.50 bits per heavy atom. The van der Waals surface area contributed by atoms with Crippen LogP contribution in [0.3, 0.4) is 0 Å². The Morgan fingerprint density at radius 3 is 2.67 bits per heavy atom. The van der Waals surface area contributed by atoms with Crippen LogP contribution in [-0.2, 0) is 6.42 Å². The molecule has 0 bridgehead atoms. The quantitative estimate of drug-likeness (QED) is 0.719. The molecular weight excluding hydrogens is 174 g/mol. The molecule has 0 radical (unpaired) electrons. The number of ether oxygens (including phenoxy) is 1. The highest BCUT2D eigenvalue weighted by Crippen LogP contribution is 2.30. The first-order valence-electron chi connectivity index (χ1n) is 3.81. The van der Waals surface area contributed by atoms with Crippen LogP contribution in [0.2, 0.25) is 5.02 Å². The minimum atomic E-state index is 0.647. The molecule has 0 amide bonds. The molecule has 1 aromatic rings. The van der Waals surface area contributed by atoms with Gasteiger partial charge in [0.05, 0.1) is 12.1 Å². The van der Waals surface area contributed by atoms with Crippen LogP contribution in [0.15, 0.2) is 12.1 Å². The summed E-state index contributed by atoms with van der Waals surface area (Å²) in [6.45, 7) is 2.03. The number of halogens is 1. The van der Waals surface area contributed by atoms with Gasteiger partial charge in [0, 0.05) is 11.8 Å². The summed E-state index contributed by atoms with van der Waals surface area (Å²) in [5.74, 6) is 0.647. The van der Waals surface area contributed by atoms with Crippen LogP contribution in [0, 0.1) is 0 Å². The lowest BCUT2D eigenvalue weighted by molar-refractivity contribution is 0.415. The first kappa shape index (κ1) is 9.20. The van der Waals surface area contributed by atoms with Crippen LogP contribution < -0.4 is 10.5 Å². The fraction of sp³-hybridized carbons (Fsp3) is 0.333. The van der Waals surface area contributed by atoms with Crippen molar-refractivity contribution in [1.29, 1.82) is 0 Å². The third kappa shape index (κ3) is 1.64. The van der Waals surface area contributed by atoms with Gasteiger partial charge in [-0.05, 0) is 18.1 Å². The van der Waals surface area contributed by atoms with Gasteiger partial charge in [-0.15, -0.1) is 0 Å². The molecule has 1 aromatic carbocycles. The first-order valence-corrected chi connectivity index (χ1v) is 4.18. The van der Waals surface area contributed by atoms with E-state index in [0.29, 0.717) is 16.5 Å². The molecule has 0 saturated heterocycles. The third-order valence-electron chi connectivity index (χ3n) is 1.74. The van der Waals surface area contributed by atoms with Crippen LogP contribution in [0.4, 0.5) is 5.69 Å². The second-order valence-electron chi connectivity index (χ2n) is 2.55. The Bertz CT molecular complexity index is 261. The standard InChI is InChI=1S/C9H12ClNO/c1-3-6-4-7(11)5-8(12-2)9(6)10/h4-5H,3,11H2,1-2H3. The van der Waals surface area contributed by atoms with Gasteiger partial charge in [0.25, 0.3) is 0 Å². The Balaban J connectivity index is 3.22. The van der Waals surface area contributed by atoms with E-state index in [1.807, 2.05) is 13.0 Å². The molecule has 0 aromatic heterocycles. The summed E-state index contributed by atoms with van der Waals surface area (Å²) in [4.78, 5) is 0. The maximum absolute atomic E-state index is 6.00. The maximum Gasteiger partial charge on any atom is 0.139 e. The summed E-state index contributed by atoms with van der Waals surface area (Å²) in [5, 5.41) is 0.661. The van der Waals surface area contributed by atoms with Gasteiger partial charge in [-0.25, -0.2) is 0 Å². The minimum absolute atomic E-state index is 0.647. The number of methoxy groups -OCH3 is 1. The molecule has 0 aliphatic rings. The van der Waals surface area contributed by atoms with Crippen molar-refractivity contribution in [3.8, 4) is 5.75 Å². The summed E-state index contributed by atoms with van der Waals surface area (Å²) in [6.07, 6.45) is 0.861. The number of aryl methyl sites for hydroxylation is 1. The number of hydrogen-bond acceptors (Lipinski definition) is 2. The first-order chi connectivity index (χ1) is 5.69. The molecule has 1 rings (SSSR count). The fourth-order valence-corrected chi connectivity index (χ4v) is 1.40. The van der Waals surface area contributed by atoms with Crippen molar-refractivity contribution >= 4 is 17.3 Å². The Kier molecular flexibility index (Phi) is 2.82. The van der Waals surface area contributed by atoms with Gasteiger partial charge in [-0.2, -0.15) is 0 Å². The molecular formula is C9H12ClNO. The average Bonchev–Trinajstić information content (AvgIpc) is 2.08. The monoisotopic (exact) mass is 185 g/mol. The topological polar surface area (TPSA) is 35.2 Å². The largest absolute Gasteiger partial charge is 0.495 e. The smallest absolute Gasteiger partial charge is 0.139 e. The van der Waals surface area contributed by atoms with Gasteiger partial charge in [-0.3, -0.25) is 0 Å². The molecule has 0 atom stereocenters. The van der Waals surface area contributed by atoms with Gasteiger partial charge < -0.3 is 10.5 Å². The molecule has 0 unspecified atom stereocenters. The number of nitrogens with two attached hydrogens (primary N) is 1. The van der Waals surface area contributed by atoms with Gasteiger partial charge in [-0.1, -0.05) is 18.5 Å². The summed E-state index contributed by atoms with van der Waals surface area (Å²) in [6, 6.07) is 3.59. The van der Waals surface area contributed by atoms with Gasteiger partial charge >= 0.3 is 0 Å². The van der Waals surface area contributed by atoms with Crippen molar-refractivity contribution < 1.29 is 4.74 Å². The maximum atomic E-state index is 6.00. The van der Waals surface area contributed by atoms with E-state index >= 15 is 0 Å². The van der Waals surface area contributed by atoms with Crippen LogP contribution in [0.1, 0.15) is 12.5 Å². The van der Waals surface area contributed by atoms with E-state index in [-0.39, 0.29) is 0 Å². The predicted octanol–water partition coefficient (Wildman–Crippen LogP) is 2.49. The molecule has 0 aliphatic heterocycles. The normalized spacial score (nSPS) is 9.92. The van der Waals surface area contributed by atoms with E-state index in [9.17, 15) is 0 Å². The van der Waals surface area contributed by atoms with E-state index in [1.54, 1.807) is 13.2 Å². The van der Waals surface area contributed by atoms with E-state index in [0.717, 1.165) is 12.0 Å². The zero-order valence-electron chi connectivity index (χ0n) is 7.23. The van der Waals surface area contributed by atoms with Crippen LogP contribution in [-0.4, -0.2) is 7.11 Å². The zero-order valence-corrected chi connectivity index (χ0v) is 7.98. The van der Waals surface area contributed by atoms with Crippen molar-refractivity contribution in [3.05, 3.63) is 22.7 Å². The molecule has 0 aliphatic carbocycles. The molecule has 12 heavy (non-hydrogen) atoms. The van der Waals surface area contributed by atoms with Crippen LogP contribution in [0.5, 0.6) is 5.75 Å². The Labute approximate surface area is 77.3 Å². The molecule has 0 fully saturated rings. The van der Waals surface area contributed by atoms with Crippen molar-refractivity contribution in [2.24, 2.45) is 0 Å². The fourth-order valence-electron chi connectivity index (χ4n) is 1.08. The van der Waals surface area contributed by atoms with Crippen molar-refractivity contribution in [2.75, 3.05) is 12.8 Å². The summed E-state index contributed by atoms with van der Waals surface area (Å²) >= 11 is 6.00. The highest BCUT2D eigenvalue weighted by molar-refractivity contribution is 6.33. The predicted molar refractivity (Wildman–Crippen MR) is 51.8 cm³/mol. The van der Waals surface area contributed by atoms with Gasteiger partial charge in [0.2, 0.25) is 0 Å². The molecule has 2 N–H and O–H groups in total. The van der Waals surface area contributed by atoms with Crippen molar-refractivity contribution in [2.45, 2.75) is 13.3 Å². The van der Waals surface area contributed by atoms with Gasteiger partial charge in [0.1, 0.15) is 5.75 Å². The molecule has 2 nitrogen and oxygen atoms in total. The lowest BCUT2D eigenvalue weighted by Crippen LogP contribution is -1.93. The Hall–Kier alpha value is -0.890. The zero-order chi connectivity index (χ0) is 9.14. The van der Waals surface area contributed by atoms with E-state index < -0.39 is 0 Å².